The number of aliphatic hydroxyl groups excluding tert-OH is 1. The lowest BCUT2D eigenvalue weighted by atomic mass is 9.91. The summed E-state index contributed by atoms with van der Waals surface area (Å²) >= 11 is 0. The van der Waals surface area contributed by atoms with Crippen LogP contribution in [0.5, 0.6) is 5.75 Å². The minimum absolute atomic E-state index is 0.0512. The molecule has 42 heavy (non-hydrogen) atoms. The van der Waals surface area contributed by atoms with Gasteiger partial charge in [-0.2, -0.15) is 0 Å². The number of amides is 4. The molecule has 1 saturated heterocycles. The molecule has 1 aliphatic rings. The van der Waals surface area contributed by atoms with Gasteiger partial charge in [-0.05, 0) is 42.7 Å². The van der Waals surface area contributed by atoms with Crippen LogP contribution in [0.15, 0.2) is 79.1 Å². The molecule has 1 fully saturated rings. The summed E-state index contributed by atoms with van der Waals surface area (Å²) in [4.78, 5) is 57.7. The maximum Gasteiger partial charge on any atom is 0.255 e. The molecular formula is C31H35N5O6. The van der Waals surface area contributed by atoms with E-state index in [1.807, 2.05) is 30.3 Å². The monoisotopic (exact) mass is 573 g/mol. The Bertz CT molecular complexity index is 1400. The second-order valence-corrected chi connectivity index (χ2v) is 10.5. The van der Waals surface area contributed by atoms with Gasteiger partial charge < -0.3 is 31.5 Å². The molecule has 3 aromatic rings. The number of carbonyl (C=O) groups is 4. The van der Waals surface area contributed by atoms with Crippen molar-refractivity contribution in [2.24, 2.45) is 5.92 Å². The van der Waals surface area contributed by atoms with Crippen molar-refractivity contribution in [3.63, 3.8) is 0 Å². The number of phenolic OH excluding ortho intramolecular Hbond substituents is 1. The number of carbonyl (C=O) groups excluding carboxylic acids is 4. The molecule has 2 aromatic carbocycles. The normalized spacial score (nSPS) is 25.2. The molecule has 0 bridgehead atoms. The van der Waals surface area contributed by atoms with E-state index in [1.165, 1.54) is 19.1 Å². The van der Waals surface area contributed by atoms with Crippen LogP contribution in [0.25, 0.3) is 0 Å². The first-order chi connectivity index (χ1) is 20.1. The van der Waals surface area contributed by atoms with Crippen molar-refractivity contribution in [3.05, 3.63) is 95.8 Å². The number of nitrogens with zero attached hydrogens (tertiary/aromatic N) is 1. The molecule has 4 amide bonds. The highest BCUT2D eigenvalue weighted by atomic mass is 16.3. The van der Waals surface area contributed by atoms with Crippen LogP contribution in [-0.2, 0) is 27.2 Å². The van der Waals surface area contributed by atoms with E-state index in [4.69, 9.17) is 0 Å². The second kappa shape index (κ2) is 13.7. The predicted molar refractivity (Wildman–Crippen MR) is 154 cm³/mol. The zero-order chi connectivity index (χ0) is 30.2. The molecule has 11 heteroatoms. The fourth-order valence-electron chi connectivity index (χ4n) is 4.88. The van der Waals surface area contributed by atoms with Crippen LogP contribution in [0.3, 0.4) is 0 Å². The molecular weight excluding hydrogens is 538 g/mol. The van der Waals surface area contributed by atoms with E-state index in [0.29, 0.717) is 5.56 Å². The molecule has 1 aromatic heterocycles. The summed E-state index contributed by atoms with van der Waals surface area (Å²) in [6.45, 7) is 3.07. The number of nitrogens with one attached hydrogen (secondary N) is 4. The Labute approximate surface area is 243 Å². The van der Waals surface area contributed by atoms with E-state index >= 15 is 0 Å². The van der Waals surface area contributed by atoms with Crippen molar-refractivity contribution in [2.45, 2.75) is 57.0 Å². The molecule has 6 atom stereocenters. The Morgan fingerprint density at radius 2 is 1.52 bits per heavy atom. The zero-order valence-corrected chi connectivity index (χ0v) is 23.4. The van der Waals surface area contributed by atoms with Gasteiger partial charge in [0.25, 0.3) is 5.91 Å². The average Bonchev–Trinajstić information content (AvgIpc) is 2.99. The largest absolute Gasteiger partial charge is 0.507 e. The maximum atomic E-state index is 13.7. The number of para-hydroxylation sites is 1. The molecule has 0 radical (unpaired) electrons. The molecule has 6 N–H and O–H groups in total. The molecule has 0 spiro atoms. The SMILES string of the molecule is CC1NC(=O)C(Cc2ccccc2)NC(=O)C(C)C(O)C(Cc2cccnc2)NC(=O)C1NC(=O)c1ccccc1O. The van der Waals surface area contributed by atoms with Crippen LogP contribution in [0.4, 0.5) is 0 Å². The quantitative estimate of drug-likeness (QED) is 0.254. The summed E-state index contributed by atoms with van der Waals surface area (Å²) in [6.07, 6.45) is 2.15. The predicted octanol–water partition coefficient (Wildman–Crippen LogP) is 0.856. The number of rotatable bonds is 6. The van der Waals surface area contributed by atoms with E-state index in [2.05, 4.69) is 26.3 Å². The Hall–Kier alpha value is -4.77. The first-order valence-electron chi connectivity index (χ1n) is 13.7. The Kier molecular flexibility index (Phi) is 9.87. The van der Waals surface area contributed by atoms with Gasteiger partial charge in [0.15, 0.2) is 0 Å². The lowest BCUT2D eigenvalue weighted by Crippen LogP contribution is -2.64. The van der Waals surface area contributed by atoms with E-state index in [0.717, 1.165) is 5.56 Å². The van der Waals surface area contributed by atoms with Crippen LogP contribution in [0.2, 0.25) is 0 Å². The molecule has 0 aliphatic carbocycles. The number of hydrogen-bond acceptors (Lipinski definition) is 7. The van der Waals surface area contributed by atoms with Crippen LogP contribution in [0.1, 0.15) is 35.3 Å². The molecule has 6 unspecified atom stereocenters. The zero-order valence-electron chi connectivity index (χ0n) is 23.4. The van der Waals surface area contributed by atoms with Gasteiger partial charge in [-0.3, -0.25) is 24.2 Å². The van der Waals surface area contributed by atoms with E-state index in [1.54, 1.807) is 43.6 Å². The third-order valence-electron chi connectivity index (χ3n) is 7.35. The van der Waals surface area contributed by atoms with Gasteiger partial charge in [-0.1, -0.05) is 55.5 Å². The van der Waals surface area contributed by atoms with E-state index < -0.39 is 59.8 Å². The topological polar surface area (TPSA) is 170 Å². The van der Waals surface area contributed by atoms with Crippen molar-refractivity contribution in [1.82, 2.24) is 26.3 Å². The minimum Gasteiger partial charge on any atom is -0.507 e. The summed E-state index contributed by atoms with van der Waals surface area (Å²) in [5, 5.41) is 32.5. The summed E-state index contributed by atoms with van der Waals surface area (Å²) in [5.74, 6) is -3.82. The summed E-state index contributed by atoms with van der Waals surface area (Å²) in [6, 6.07) is 14.3. The van der Waals surface area contributed by atoms with E-state index in [-0.39, 0.29) is 24.2 Å². The van der Waals surface area contributed by atoms with Gasteiger partial charge in [0.1, 0.15) is 17.8 Å². The molecule has 2 heterocycles. The first-order valence-corrected chi connectivity index (χ1v) is 13.7. The van der Waals surface area contributed by atoms with Gasteiger partial charge in [0.2, 0.25) is 17.7 Å². The number of aliphatic hydroxyl groups is 1. The molecule has 220 valence electrons. The third kappa shape index (κ3) is 7.49. The average molecular weight is 574 g/mol. The van der Waals surface area contributed by atoms with Crippen molar-refractivity contribution in [3.8, 4) is 5.75 Å². The summed E-state index contributed by atoms with van der Waals surface area (Å²) in [7, 11) is 0. The molecule has 11 nitrogen and oxygen atoms in total. The standard InChI is InChI=1S/C31H35N5O6/c1-18-27(38)23(16-21-11-8-14-32-17-21)34-31(42)26(36-29(40)22-12-6-7-13-25(22)37)19(2)33-30(41)24(35-28(18)39)15-20-9-4-3-5-10-20/h3-14,17-19,23-24,26-27,37-38H,15-16H2,1-2H3,(H,33,41)(H,34,42)(H,35,39)(H,36,40). The van der Waals surface area contributed by atoms with Crippen molar-refractivity contribution < 1.29 is 29.4 Å². The first kappa shape index (κ1) is 30.2. The van der Waals surface area contributed by atoms with Crippen molar-refractivity contribution >= 4 is 23.6 Å². The fourth-order valence-corrected chi connectivity index (χ4v) is 4.88. The number of pyridine rings is 1. The van der Waals surface area contributed by atoms with Gasteiger partial charge >= 0.3 is 0 Å². The Morgan fingerprint density at radius 1 is 0.833 bits per heavy atom. The fraction of sp³-hybridized carbons (Fsp3) is 0.323. The third-order valence-corrected chi connectivity index (χ3v) is 7.35. The Balaban J connectivity index is 1.69. The summed E-state index contributed by atoms with van der Waals surface area (Å²) in [5.41, 5.74) is 1.45. The highest BCUT2D eigenvalue weighted by molar-refractivity contribution is 6.00. The lowest BCUT2D eigenvalue weighted by molar-refractivity contribution is -0.136. The second-order valence-electron chi connectivity index (χ2n) is 10.5. The number of aromatic nitrogens is 1. The van der Waals surface area contributed by atoms with Crippen LogP contribution < -0.4 is 21.3 Å². The highest BCUT2D eigenvalue weighted by Crippen LogP contribution is 2.18. The number of phenols is 1. The van der Waals surface area contributed by atoms with Gasteiger partial charge in [-0.25, -0.2) is 0 Å². The number of aromatic hydroxyl groups is 1. The van der Waals surface area contributed by atoms with Crippen molar-refractivity contribution in [1.29, 1.82) is 0 Å². The van der Waals surface area contributed by atoms with Gasteiger partial charge in [0, 0.05) is 18.8 Å². The smallest absolute Gasteiger partial charge is 0.255 e. The lowest BCUT2D eigenvalue weighted by Gasteiger charge is -2.34. The van der Waals surface area contributed by atoms with E-state index in [9.17, 15) is 29.4 Å². The minimum atomic E-state index is -1.35. The Morgan fingerprint density at radius 3 is 2.21 bits per heavy atom. The van der Waals surface area contributed by atoms with Gasteiger partial charge in [-0.15, -0.1) is 0 Å². The van der Waals surface area contributed by atoms with Crippen LogP contribution in [-0.4, -0.2) is 69.1 Å². The molecule has 0 saturated carbocycles. The van der Waals surface area contributed by atoms with Gasteiger partial charge in [0.05, 0.1) is 29.7 Å². The number of hydrogen-bond donors (Lipinski definition) is 6. The molecule has 4 rings (SSSR count). The number of benzene rings is 2. The van der Waals surface area contributed by atoms with Crippen LogP contribution in [0, 0.1) is 5.92 Å². The summed E-state index contributed by atoms with van der Waals surface area (Å²) < 4.78 is 0. The van der Waals surface area contributed by atoms with Crippen molar-refractivity contribution in [2.75, 3.05) is 0 Å². The molecule has 1 aliphatic heterocycles. The van der Waals surface area contributed by atoms with Crippen LogP contribution >= 0.6 is 0 Å². The maximum absolute atomic E-state index is 13.7. The highest BCUT2D eigenvalue weighted by Gasteiger charge is 2.38.